The normalized spacial score (nSPS) is 11.8. The van der Waals surface area contributed by atoms with Gasteiger partial charge in [0.05, 0.1) is 21.2 Å². The van der Waals surface area contributed by atoms with Crippen LogP contribution in [0.1, 0.15) is 0 Å². The third-order valence-electron chi connectivity index (χ3n) is 4.01. The minimum atomic E-state index is -4.92. The molecule has 12 nitrogen and oxygen atoms in total. The van der Waals surface area contributed by atoms with E-state index in [1.54, 1.807) is 6.07 Å². The zero-order valence-corrected chi connectivity index (χ0v) is 25.0. The first-order chi connectivity index (χ1) is 15.1. The molecule has 0 spiro atoms. The molecule has 0 atom stereocenters. The molecule has 0 fully saturated rings. The second-order valence-electron chi connectivity index (χ2n) is 6.28. The van der Waals surface area contributed by atoms with E-state index in [0.717, 1.165) is 0 Å². The SMILES string of the molecule is O=S(=O)([O-])O.[CH2-]CS(=O)(=O)c1ccc(N=Nc2c(N)ccc3cc(S(=O)(=O)[O-])ccc23)cc1.[Na+].[Na+]. The number of hydrogen-bond acceptors (Lipinski definition) is 11. The van der Waals surface area contributed by atoms with E-state index in [9.17, 15) is 21.4 Å². The molecule has 0 aromatic heterocycles. The van der Waals surface area contributed by atoms with Gasteiger partial charge in [-0.2, -0.15) is 5.11 Å². The second kappa shape index (κ2) is 13.6. The van der Waals surface area contributed by atoms with Crippen molar-refractivity contribution < 1.29 is 98.0 Å². The van der Waals surface area contributed by atoms with Crippen LogP contribution in [0.5, 0.6) is 0 Å². The molecule has 0 aliphatic rings. The first-order valence-electron chi connectivity index (χ1n) is 8.62. The summed E-state index contributed by atoms with van der Waals surface area (Å²) in [5.41, 5.74) is 6.97. The largest absolute Gasteiger partial charge is 1.00 e. The molecule has 0 saturated carbocycles. The summed E-state index contributed by atoms with van der Waals surface area (Å²) in [6.45, 7) is 3.39. The Morgan fingerprint density at radius 1 is 0.829 bits per heavy atom. The van der Waals surface area contributed by atoms with Crippen LogP contribution in [0.3, 0.4) is 0 Å². The Morgan fingerprint density at radius 2 is 1.34 bits per heavy atom. The molecule has 0 saturated heterocycles. The maximum atomic E-state index is 11.8. The first kappa shape index (κ1) is 34.0. The zero-order valence-electron chi connectivity index (χ0n) is 18.5. The molecule has 0 bridgehead atoms. The van der Waals surface area contributed by atoms with Crippen molar-refractivity contribution in [2.45, 2.75) is 9.79 Å². The molecule has 17 heteroatoms. The molecule has 3 rings (SSSR count). The van der Waals surface area contributed by atoms with Crippen LogP contribution in [0.15, 0.2) is 74.6 Å². The van der Waals surface area contributed by atoms with Gasteiger partial charge in [0.1, 0.15) is 15.8 Å². The molecule has 3 N–H and O–H groups in total. The summed E-state index contributed by atoms with van der Waals surface area (Å²) in [4.78, 5) is -0.215. The van der Waals surface area contributed by atoms with E-state index in [4.69, 9.17) is 23.3 Å². The van der Waals surface area contributed by atoms with Crippen molar-refractivity contribution in [2.75, 3.05) is 11.5 Å². The number of sulfone groups is 1. The standard InChI is InChI=1S/C18H16N3O5S2.2Na.H2O4S/c1-2-27(22,23)14-6-4-13(5-7-14)20-21-18-16-9-8-15(28(24,25)26)11-12(16)3-10-17(18)19;;;1-5(2,3)4/h3-11H,1-2,19H2,(H,24,25,26);;;(H2,1,2,3,4)/q-1;2*+1;/p-2. The van der Waals surface area contributed by atoms with Crippen LogP contribution >= 0.6 is 0 Å². The fraction of sp³-hybridized carbons (Fsp3) is 0.0556. The van der Waals surface area contributed by atoms with Gasteiger partial charge in [-0.15, -0.1) is 5.11 Å². The van der Waals surface area contributed by atoms with Crippen LogP contribution in [0.25, 0.3) is 10.8 Å². The maximum Gasteiger partial charge on any atom is 1.00 e. The molecule has 0 heterocycles. The quantitative estimate of drug-likeness (QED) is 0.0778. The van der Waals surface area contributed by atoms with Crippen LogP contribution < -0.4 is 64.8 Å². The first-order valence-corrected chi connectivity index (χ1v) is 13.0. The third-order valence-corrected chi connectivity index (χ3v) is 6.37. The van der Waals surface area contributed by atoms with E-state index in [-0.39, 0.29) is 74.7 Å². The van der Waals surface area contributed by atoms with Crippen LogP contribution in [0.2, 0.25) is 0 Å². The molecule has 0 aliphatic heterocycles. The molecular formula is C18H16N3Na2O9S3-. The van der Waals surface area contributed by atoms with Crippen LogP contribution in [0, 0.1) is 6.92 Å². The zero-order chi connectivity index (χ0) is 25.0. The van der Waals surface area contributed by atoms with E-state index in [1.165, 1.54) is 48.5 Å². The molecule has 3 aromatic carbocycles. The van der Waals surface area contributed by atoms with Gasteiger partial charge in [0.15, 0.2) is 9.84 Å². The van der Waals surface area contributed by atoms with E-state index >= 15 is 0 Å². The average molecular weight is 561 g/mol. The van der Waals surface area contributed by atoms with Gasteiger partial charge < -0.3 is 21.8 Å². The number of nitrogens with two attached hydrogens (primary N) is 1. The topological polar surface area (TPSA) is 220 Å². The number of nitrogens with zero attached hydrogens (tertiary/aromatic N) is 2. The molecule has 0 aliphatic carbocycles. The van der Waals surface area contributed by atoms with E-state index in [2.05, 4.69) is 17.2 Å². The van der Waals surface area contributed by atoms with Crippen LogP contribution in [0.4, 0.5) is 17.1 Å². The molecule has 178 valence electrons. The maximum absolute atomic E-state index is 11.8. The van der Waals surface area contributed by atoms with E-state index < -0.39 is 30.4 Å². The monoisotopic (exact) mass is 560 g/mol. The number of fused-ring (bicyclic) bond motifs is 1. The fourth-order valence-corrected chi connectivity index (χ4v) is 3.81. The number of anilines is 1. The summed E-state index contributed by atoms with van der Waals surface area (Å²) < 4.78 is 90.0. The number of nitrogen functional groups attached to an aromatic ring is 1. The Morgan fingerprint density at radius 3 is 1.83 bits per heavy atom. The Kier molecular flexibility index (Phi) is 13.2. The van der Waals surface area contributed by atoms with Crippen molar-refractivity contribution in [3.8, 4) is 0 Å². The minimum Gasteiger partial charge on any atom is -0.744 e. The van der Waals surface area contributed by atoms with Crippen molar-refractivity contribution in [1.29, 1.82) is 0 Å². The minimum absolute atomic E-state index is 0. The number of benzene rings is 3. The number of hydrogen-bond donors (Lipinski definition) is 2. The Labute approximate surface area is 246 Å². The third kappa shape index (κ3) is 10.5. The predicted molar refractivity (Wildman–Crippen MR) is 117 cm³/mol. The summed E-state index contributed by atoms with van der Waals surface area (Å²) in [5, 5.41) is 9.17. The van der Waals surface area contributed by atoms with E-state index in [0.29, 0.717) is 27.8 Å². The summed E-state index contributed by atoms with van der Waals surface area (Å²) >= 11 is 0. The van der Waals surface area contributed by atoms with Gasteiger partial charge in [0, 0.05) is 5.39 Å². The van der Waals surface area contributed by atoms with Gasteiger partial charge >= 0.3 is 59.1 Å². The van der Waals surface area contributed by atoms with Gasteiger partial charge in [0.25, 0.3) is 0 Å². The van der Waals surface area contributed by atoms with Crippen molar-refractivity contribution in [3.05, 3.63) is 61.5 Å². The van der Waals surface area contributed by atoms with E-state index in [1.807, 2.05) is 0 Å². The van der Waals surface area contributed by atoms with Crippen LogP contribution in [-0.4, -0.2) is 44.7 Å². The van der Waals surface area contributed by atoms with Gasteiger partial charge in [-0.1, -0.05) is 17.9 Å². The molecule has 0 radical (unpaired) electrons. The summed E-state index contributed by atoms with van der Waals surface area (Å²) in [7, 11) is -12.9. The Hall–Kier alpha value is -0.950. The van der Waals surface area contributed by atoms with Gasteiger partial charge in [-0.25, -0.2) is 25.3 Å². The summed E-state index contributed by atoms with van der Waals surface area (Å²) in [6, 6.07) is 12.8. The molecular weight excluding hydrogens is 544 g/mol. The van der Waals surface area contributed by atoms with Crippen molar-refractivity contribution in [1.82, 2.24) is 0 Å². The number of azo groups is 1. The van der Waals surface area contributed by atoms with Crippen molar-refractivity contribution in [2.24, 2.45) is 10.2 Å². The van der Waals surface area contributed by atoms with Crippen molar-refractivity contribution in [3.63, 3.8) is 0 Å². The average Bonchev–Trinajstić information content (AvgIpc) is 2.71. The summed E-state index contributed by atoms with van der Waals surface area (Å²) in [6.07, 6.45) is 0. The summed E-state index contributed by atoms with van der Waals surface area (Å²) in [5.74, 6) is -0.249. The fourth-order valence-electron chi connectivity index (χ4n) is 2.52. The van der Waals surface area contributed by atoms with Gasteiger partial charge in [-0.05, 0) is 47.9 Å². The Bertz CT molecular complexity index is 1520. The van der Waals surface area contributed by atoms with Crippen molar-refractivity contribution >= 4 is 58.2 Å². The molecule has 0 unspecified atom stereocenters. The van der Waals surface area contributed by atoms with Gasteiger partial charge in [-0.3, -0.25) is 4.55 Å². The molecule has 3 aromatic rings. The van der Waals surface area contributed by atoms with Crippen LogP contribution in [-0.2, 0) is 30.4 Å². The Balaban J connectivity index is 0.00000150. The molecule has 0 amide bonds. The second-order valence-corrected chi connectivity index (χ2v) is 10.6. The number of rotatable bonds is 5. The molecule has 35 heavy (non-hydrogen) atoms. The van der Waals surface area contributed by atoms with Gasteiger partial charge in [0.2, 0.25) is 10.4 Å². The smallest absolute Gasteiger partial charge is 0.744 e. The predicted octanol–water partition coefficient (Wildman–Crippen LogP) is -3.64.